The first-order valence-electron chi connectivity index (χ1n) is 10.3. The minimum Gasteiger partial charge on any atom is -0.488 e. The van der Waals surface area contributed by atoms with Crippen molar-refractivity contribution >= 4 is 11.8 Å². The molecule has 0 aliphatic rings. The van der Waals surface area contributed by atoms with Gasteiger partial charge in [-0.15, -0.1) is 0 Å². The summed E-state index contributed by atoms with van der Waals surface area (Å²) in [5.74, 6) is -0.671. The van der Waals surface area contributed by atoms with E-state index in [4.69, 9.17) is 4.74 Å². The van der Waals surface area contributed by atoms with Crippen molar-refractivity contribution in [3.63, 3.8) is 0 Å². The molecule has 0 fully saturated rings. The molecule has 0 saturated heterocycles. The van der Waals surface area contributed by atoms with Crippen LogP contribution in [-0.2, 0) is 6.61 Å². The lowest BCUT2D eigenvalue weighted by molar-refractivity contribution is 0.0846. The van der Waals surface area contributed by atoms with Crippen molar-refractivity contribution in [1.29, 1.82) is 0 Å². The first-order valence-corrected chi connectivity index (χ1v) is 10.3. The number of benzene rings is 4. The molecule has 0 radical (unpaired) electrons. The Labute approximate surface area is 190 Å². The molecule has 0 aliphatic heterocycles. The molecule has 4 aromatic rings. The van der Waals surface area contributed by atoms with Crippen LogP contribution in [0, 0.1) is 5.82 Å². The fourth-order valence-corrected chi connectivity index (χ4v) is 3.22. The van der Waals surface area contributed by atoms with E-state index in [1.165, 1.54) is 24.3 Å². The second-order valence-electron chi connectivity index (χ2n) is 7.26. The highest BCUT2D eigenvalue weighted by Crippen LogP contribution is 2.30. The highest BCUT2D eigenvalue weighted by atomic mass is 19.1. The van der Waals surface area contributed by atoms with Gasteiger partial charge in [0.05, 0.1) is 0 Å². The monoisotopic (exact) mass is 440 g/mol. The molecule has 0 bridgehead atoms. The van der Waals surface area contributed by atoms with Crippen molar-refractivity contribution in [3.8, 4) is 16.9 Å². The van der Waals surface area contributed by atoms with E-state index in [-0.39, 0.29) is 5.56 Å². The number of hydrogen-bond acceptors (Lipinski definition) is 3. The van der Waals surface area contributed by atoms with Gasteiger partial charge in [0.1, 0.15) is 18.2 Å². The molecule has 6 heteroatoms. The molecular formula is C27H21FN2O3. The number of hydrogen-bond donors (Lipinski definition) is 2. The van der Waals surface area contributed by atoms with Gasteiger partial charge in [-0.05, 0) is 53.6 Å². The van der Waals surface area contributed by atoms with Crippen LogP contribution in [0.4, 0.5) is 4.39 Å². The van der Waals surface area contributed by atoms with Crippen molar-refractivity contribution in [3.05, 3.63) is 126 Å². The van der Waals surface area contributed by atoms with Crippen molar-refractivity contribution in [2.75, 3.05) is 0 Å². The van der Waals surface area contributed by atoms with Gasteiger partial charge in [-0.25, -0.2) is 4.39 Å². The predicted molar refractivity (Wildman–Crippen MR) is 124 cm³/mol. The van der Waals surface area contributed by atoms with Gasteiger partial charge in [0, 0.05) is 16.7 Å². The van der Waals surface area contributed by atoms with E-state index >= 15 is 0 Å². The molecule has 4 aromatic carbocycles. The number of nitrogens with one attached hydrogen (secondary N) is 2. The van der Waals surface area contributed by atoms with E-state index in [0.29, 0.717) is 12.2 Å². The summed E-state index contributed by atoms with van der Waals surface area (Å²) in [6.07, 6.45) is 0. The molecule has 0 aromatic heterocycles. The Hall–Kier alpha value is -4.45. The van der Waals surface area contributed by atoms with E-state index < -0.39 is 17.6 Å². The molecular weight excluding hydrogens is 419 g/mol. The van der Waals surface area contributed by atoms with Crippen LogP contribution in [0.5, 0.6) is 5.75 Å². The molecule has 2 amide bonds. The molecule has 2 N–H and O–H groups in total. The van der Waals surface area contributed by atoms with Gasteiger partial charge in [-0.2, -0.15) is 0 Å². The summed E-state index contributed by atoms with van der Waals surface area (Å²) < 4.78 is 19.0. The standard InChI is InChI=1S/C27H21FN2O3/c28-23-16-14-22(15-17-23)27(32)30-29-26(31)21-12-10-19(11-13-21)18-33-25-9-5-4-8-24(25)20-6-2-1-3-7-20/h1-17H,18H2,(H,29,31)(H,30,32). The largest absolute Gasteiger partial charge is 0.488 e. The maximum atomic E-state index is 13.0. The SMILES string of the molecule is O=C(NNC(=O)c1ccc(COc2ccccc2-c2ccccc2)cc1)c1ccc(F)cc1. The fourth-order valence-electron chi connectivity index (χ4n) is 3.22. The fraction of sp³-hybridized carbons (Fsp3) is 0.0370. The zero-order valence-corrected chi connectivity index (χ0v) is 17.6. The number of ether oxygens (including phenoxy) is 1. The first kappa shape index (κ1) is 21.8. The third-order valence-corrected chi connectivity index (χ3v) is 4.98. The van der Waals surface area contributed by atoms with Crippen LogP contribution in [0.2, 0.25) is 0 Å². The molecule has 33 heavy (non-hydrogen) atoms. The number of halogens is 1. The molecule has 5 nitrogen and oxygen atoms in total. The first-order chi connectivity index (χ1) is 16.1. The number of amides is 2. The van der Waals surface area contributed by atoms with Crippen molar-refractivity contribution in [2.24, 2.45) is 0 Å². The van der Waals surface area contributed by atoms with Crippen LogP contribution in [0.1, 0.15) is 26.3 Å². The number of rotatable bonds is 6. The highest BCUT2D eigenvalue weighted by Gasteiger charge is 2.10. The van der Waals surface area contributed by atoms with Crippen LogP contribution in [0.15, 0.2) is 103 Å². The van der Waals surface area contributed by atoms with Crippen molar-refractivity contribution in [1.82, 2.24) is 10.9 Å². The van der Waals surface area contributed by atoms with Crippen molar-refractivity contribution in [2.45, 2.75) is 6.61 Å². The summed E-state index contributed by atoms with van der Waals surface area (Å²) in [5.41, 5.74) is 8.25. The maximum Gasteiger partial charge on any atom is 0.269 e. The normalized spacial score (nSPS) is 10.3. The summed E-state index contributed by atoms with van der Waals surface area (Å²) in [6.45, 7) is 0.340. The van der Waals surface area contributed by atoms with E-state index in [2.05, 4.69) is 10.9 Å². The van der Waals surface area contributed by atoms with Crippen molar-refractivity contribution < 1.29 is 18.7 Å². The van der Waals surface area contributed by atoms with Gasteiger partial charge >= 0.3 is 0 Å². The topological polar surface area (TPSA) is 67.4 Å². The predicted octanol–water partition coefficient (Wildman–Crippen LogP) is 5.15. The summed E-state index contributed by atoms with van der Waals surface area (Å²) in [5, 5.41) is 0. The Morgan fingerprint density at radius 3 is 1.85 bits per heavy atom. The molecule has 0 aliphatic carbocycles. The lowest BCUT2D eigenvalue weighted by Crippen LogP contribution is -2.41. The maximum absolute atomic E-state index is 13.0. The number of para-hydroxylation sites is 1. The molecule has 0 heterocycles. The highest BCUT2D eigenvalue weighted by molar-refractivity contribution is 5.99. The van der Waals surface area contributed by atoms with Crippen LogP contribution >= 0.6 is 0 Å². The summed E-state index contributed by atoms with van der Waals surface area (Å²) in [7, 11) is 0. The Bertz CT molecular complexity index is 1240. The molecule has 0 atom stereocenters. The Morgan fingerprint density at radius 2 is 1.21 bits per heavy atom. The summed E-state index contributed by atoms with van der Waals surface area (Å²) >= 11 is 0. The number of carbonyl (C=O) groups excluding carboxylic acids is 2. The van der Waals surface area contributed by atoms with Gasteiger partial charge in [0.25, 0.3) is 11.8 Å². The molecule has 0 saturated carbocycles. The zero-order chi connectivity index (χ0) is 23.0. The lowest BCUT2D eigenvalue weighted by Gasteiger charge is -2.12. The molecule has 0 unspecified atom stereocenters. The van der Waals surface area contributed by atoms with Crippen LogP contribution < -0.4 is 15.6 Å². The van der Waals surface area contributed by atoms with Crippen LogP contribution in [0.3, 0.4) is 0 Å². The lowest BCUT2D eigenvalue weighted by atomic mass is 10.0. The third-order valence-electron chi connectivity index (χ3n) is 4.98. The average molecular weight is 440 g/mol. The van der Waals surface area contributed by atoms with Gasteiger partial charge in [0.2, 0.25) is 0 Å². The van der Waals surface area contributed by atoms with E-state index in [9.17, 15) is 14.0 Å². The minimum absolute atomic E-state index is 0.236. The summed E-state index contributed by atoms with van der Waals surface area (Å²) in [4.78, 5) is 24.3. The Kier molecular flexibility index (Phi) is 6.75. The van der Waals surface area contributed by atoms with Crippen LogP contribution in [0.25, 0.3) is 11.1 Å². The van der Waals surface area contributed by atoms with Gasteiger partial charge in [-0.1, -0.05) is 60.7 Å². The Morgan fingerprint density at radius 1 is 0.667 bits per heavy atom. The molecule has 164 valence electrons. The summed E-state index contributed by atoms with van der Waals surface area (Å²) in [6, 6.07) is 29.8. The van der Waals surface area contributed by atoms with Crippen LogP contribution in [-0.4, -0.2) is 11.8 Å². The molecule has 4 rings (SSSR count). The zero-order valence-electron chi connectivity index (χ0n) is 17.6. The average Bonchev–Trinajstić information content (AvgIpc) is 2.87. The number of hydrazine groups is 1. The van der Waals surface area contributed by atoms with Gasteiger partial charge < -0.3 is 4.74 Å². The minimum atomic E-state index is -0.537. The van der Waals surface area contributed by atoms with E-state index in [1.807, 2.05) is 54.6 Å². The van der Waals surface area contributed by atoms with Gasteiger partial charge in [-0.3, -0.25) is 20.4 Å². The Balaban J connectivity index is 1.34. The van der Waals surface area contributed by atoms with E-state index in [0.717, 1.165) is 22.4 Å². The smallest absolute Gasteiger partial charge is 0.269 e. The van der Waals surface area contributed by atoms with Gasteiger partial charge in [0.15, 0.2) is 0 Å². The van der Waals surface area contributed by atoms with E-state index in [1.54, 1.807) is 24.3 Å². The second-order valence-corrected chi connectivity index (χ2v) is 7.26. The second kappa shape index (κ2) is 10.2. The molecule has 0 spiro atoms. The quantitative estimate of drug-likeness (QED) is 0.408. The number of carbonyl (C=O) groups is 2. The third kappa shape index (κ3) is 5.62.